The average molecular weight is 536 g/mol. The Morgan fingerprint density at radius 1 is 1.33 bits per heavy atom. The predicted octanol–water partition coefficient (Wildman–Crippen LogP) is 5.52. The molecule has 1 saturated heterocycles. The van der Waals surface area contributed by atoms with E-state index in [4.69, 9.17) is 15.9 Å². The zero-order chi connectivity index (χ0) is 28.8. The van der Waals surface area contributed by atoms with Crippen molar-refractivity contribution < 1.29 is 24.2 Å². The third-order valence-corrected chi connectivity index (χ3v) is 6.89. The summed E-state index contributed by atoms with van der Waals surface area (Å²) in [5, 5.41) is 13.7. The lowest BCUT2D eigenvalue weighted by atomic mass is 9.87. The highest BCUT2D eigenvalue weighted by molar-refractivity contribution is 5.83. The fraction of sp³-hybridized carbons (Fsp3) is 0.515. The molecule has 0 aromatic heterocycles. The van der Waals surface area contributed by atoms with Gasteiger partial charge in [-0.3, -0.25) is 4.79 Å². The van der Waals surface area contributed by atoms with Crippen LogP contribution in [0.5, 0.6) is 0 Å². The monoisotopic (exact) mass is 535 g/mol. The summed E-state index contributed by atoms with van der Waals surface area (Å²) >= 11 is 0. The van der Waals surface area contributed by atoms with Crippen LogP contribution in [0, 0.1) is 24.2 Å². The van der Waals surface area contributed by atoms with Crippen molar-refractivity contribution in [2.75, 3.05) is 0 Å². The number of aliphatic hydroxyl groups is 1. The number of carbonyl (C=O) groups is 2. The molecular formula is C33H45NO5. The van der Waals surface area contributed by atoms with Crippen LogP contribution in [-0.2, 0) is 19.1 Å². The van der Waals surface area contributed by atoms with Crippen LogP contribution in [-0.4, -0.2) is 47.4 Å². The van der Waals surface area contributed by atoms with E-state index >= 15 is 0 Å². The number of carbonyl (C=O) groups excluding carboxylic acids is 2. The molecule has 0 aromatic carbocycles. The van der Waals surface area contributed by atoms with Crippen LogP contribution >= 0.6 is 0 Å². The molecule has 0 aliphatic carbocycles. The van der Waals surface area contributed by atoms with Gasteiger partial charge in [-0.25, -0.2) is 4.79 Å². The maximum Gasteiger partial charge on any atom is 0.331 e. The zero-order valence-corrected chi connectivity index (χ0v) is 24.0. The molecule has 2 aliphatic heterocycles. The molecule has 1 amide bonds. The highest BCUT2D eigenvalue weighted by Gasteiger charge is 2.37. The maximum atomic E-state index is 12.5. The number of nitrogens with one attached hydrogen (secondary N) is 1. The second-order valence-corrected chi connectivity index (χ2v) is 10.6. The van der Waals surface area contributed by atoms with E-state index in [-0.39, 0.29) is 48.6 Å². The summed E-state index contributed by atoms with van der Waals surface area (Å²) in [5.74, 6) is 2.36. The first kappa shape index (κ1) is 32.1. The van der Waals surface area contributed by atoms with Gasteiger partial charge in [0.15, 0.2) is 0 Å². The Bertz CT molecular complexity index is 1040. The minimum atomic E-state index is -0.521. The molecular weight excluding hydrogens is 490 g/mol. The summed E-state index contributed by atoms with van der Waals surface area (Å²) in [6, 6.07) is -0.386. The second kappa shape index (κ2) is 16.7. The lowest BCUT2D eigenvalue weighted by molar-refractivity contribution is -0.141. The number of terminal acetylenes is 1. The van der Waals surface area contributed by atoms with Crippen molar-refractivity contribution in [2.45, 2.75) is 97.2 Å². The first-order chi connectivity index (χ1) is 18.6. The first-order valence-corrected chi connectivity index (χ1v) is 13.9. The molecule has 7 atom stereocenters. The molecule has 0 aromatic rings. The van der Waals surface area contributed by atoms with E-state index in [0.29, 0.717) is 25.2 Å². The summed E-state index contributed by atoms with van der Waals surface area (Å²) < 4.78 is 11.6. The minimum Gasteiger partial charge on any atom is -0.455 e. The van der Waals surface area contributed by atoms with Crippen LogP contribution in [0.1, 0.15) is 66.7 Å². The van der Waals surface area contributed by atoms with Gasteiger partial charge < -0.3 is 19.9 Å². The molecule has 39 heavy (non-hydrogen) atoms. The van der Waals surface area contributed by atoms with Gasteiger partial charge in [0, 0.05) is 37.7 Å². The molecule has 2 aliphatic rings. The van der Waals surface area contributed by atoms with Gasteiger partial charge >= 0.3 is 5.97 Å². The summed E-state index contributed by atoms with van der Waals surface area (Å²) in [5.41, 5.74) is 2.31. The van der Waals surface area contributed by atoms with Gasteiger partial charge in [-0.2, -0.15) is 0 Å². The number of cyclic esters (lactones) is 1. The summed E-state index contributed by atoms with van der Waals surface area (Å²) in [7, 11) is 0. The molecule has 0 bridgehead atoms. The first-order valence-electron chi connectivity index (χ1n) is 13.9. The smallest absolute Gasteiger partial charge is 0.331 e. The fourth-order valence-corrected chi connectivity index (χ4v) is 4.79. The number of hydrogen-bond donors (Lipinski definition) is 2. The normalized spacial score (nSPS) is 28.0. The van der Waals surface area contributed by atoms with E-state index < -0.39 is 6.10 Å². The van der Waals surface area contributed by atoms with Crippen LogP contribution in [0.3, 0.4) is 0 Å². The van der Waals surface area contributed by atoms with Crippen molar-refractivity contribution >= 4 is 11.9 Å². The Kier molecular flexibility index (Phi) is 13.8. The molecule has 2 rings (SSSR count). The van der Waals surface area contributed by atoms with Crippen molar-refractivity contribution in [3.8, 4) is 12.3 Å². The third-order valence-electron chi connectivity index (χ3n) is 6.89. The van der Waals surface area contributed by atoms with Crippen LogP contribution < -0.4 is 5.32 Å². The zero-order valence-electron chi connectivity index (χ0n) is 24.0. The highest BCUT2D eigenvalue weighted by atomic mass is 16.5. The summed E-state index contributed by atoms with van der Waals surface area (Å²) in [4.78, 5) is 23.9. The maximum absolute atomic E-state index is 12.5. The van der Waals surface area contributed by atoms with E-state index in [1.165, 1.54) is 11.6 Å². The van der Waals surface area contributed by atoms with Gasteiger partial charge in [-0.05, 0) is 39.2 Å². The van der Waals surface area contributed by atoms with Crippen molar-refractivity contribution in [1.82, 2.24) is 5.32 Å². The topological polar surface area (TPSA) is 84.9 Å². The number of allylic oxidation sites excluding steroid dienone is 7. The Balaban J connectivity index is 2.04. The summed E-state index contributed by atoms with van der Waals surface area (Å²) in [6.07, 6.45) is 25.9. The average Bonchev–Trinajstić information content (AvgIpc) is 2.88. The van der Waals surface area contributed by atoms with Crippen LogP contribution in [0.15, 0.2) is 71.9 Å². The van der Waals surface area contributed by atoms with Gasteiger partial charge in [-0.1, -0.05) is 73.6 Å². The number of amides is 1. The lowest BCUT2D eigenvalue weighted by Gasteiger charge is -2.39. The fourth-order valence-electron chi connectivity index (χ4n) is 4.79. The molecule has 0 unspecified atom stereocenters. The van der Waals surface area contributed by atoms with Crippen molar-refractivity contribution in [3.63, 3.8) is 0 Å². The minimum absolute atomic E-state index is 0.0243. The van der Waals surface area contributed by atoms with Crippen LogP contribution in [0.2, 0.25) is 0 Å². The van der Waals surface area contributed by atoms with E-state index in [1.807, 2.05) is 63.3 Å². The third kappa shape index (κ3) is 11.6. The molecule has 6 heteroatoms. The number of esters is 1. The van der Waals surface area contributed by atoms with E-state index in [2.05, 4.69) is 37.2 Å². The molecule has 6 nitrogen and oxygen atoms in total. The number of rotatable bonds is 12. The van der Waals surface area contributed by atoms with E-state index in [9.17, 15) is 14.7 Å². The molecule has 2 N–H and O–H groups in total. The van der Waals surface area contributed by atoms with Crippen molar-refractivity contribution in [3.05, 3.63) is 71.9 Å². The van der Waals surface area contributed by atoms with E-state index in [1.54, 1.807) is 0 Å². The van der Waals surface area contributed by atoms with Gasteiger partial charge in [-0.15, -0.1) is 12.3 Å². The Hall–Kier alpha value is -3.14. The van der Waals surface area contributed by atoms with Crippen molar-refractivity contribution in [1.29, 1.82) is 0 Å². The molecule has 1 fully saturated rings. The van der Waals surface area contributed by atoms with Gasteiger partial charge in [0.25, 0.3) is 0 Å². The molecule has 0 spiro atoms. The summed E-state index contributed by atoms with van der Waals surface area (Å²) in [6.45, 7) is 10.2. The lowest BCUT2D eigenvalue weighted by Crippen LogP contribution is -2.51. The van der Waals surface area contributed by atoms with E-state index in [0.717, 1.165) is 12.0 Å². The largest absolute Gasteiger partial charge is 0.455 e. The van der Waals surface area contributed by atoms with Gasteiger partial charge in [0.05, 0.1) is 24.4 Å². The Morgan fingerprint density at radius 2 is 2.10 bits per heavy atom. The Labute approximate surface area is 234 Å². The van der Waals surface area contributed by atoms with Crippen molar-refractivity contribution in [2.24, 2.45) is 11.8 Å². The SMILES string of the molecule is C#CCCC(=O)N[C@H](/C=C/C=C(\C)C[C@@H](C)/C=C(C)\C=C\[C@H]1CC=CC(=O)O1)[C@@H]1C[C@@H](O)[C@H](C)[C@H](/C=C/C)O1. The van der Waals surface area contributed by atoms with Gasteiger partial charge in [0.2, 0.25) is 5.91 Å². The quantitative estimate of drug-likeness (QED) is 0.149. The highest BCUT2D eigenvalue weighted by Crippen LogP contribution is 2.28. The Morgan fingerprint density at radius 3 is 2.79 bits per heavy atom. The van der Waals surface area contributed by atoms with Gasteiger partial charge in [0.1, 0.15) is 6.10 Å². The molecule has 2 heterocycles. The van der Waals surface area contributed by atoms with Crippen LogP contribution in [0.4, 0.5) is 0 Å². The predicted molar refractivity (Wildman–Crippen MR) is 156 cm³/mol. The molecule has 212 valence electrons. The standard InChI is InChI=1S/C33H45NO5/c1-7-9-16-32(36)34-28(31-22-29(35)26(6)30(39-31)12-8-2)15-10-13-23(3)20-25(5)21-24(4)18-19-27-14-11-17-33(37)38-27/h1,8,10-13,15,17-19,21,25-31,35H,9,14,16,20,22H2,2-6H3,(H,34,36)/b12-8+,15-10+,19-18+,23-13+,24-21-/t25-,26+,27-,28-,29-,30+,31+/m1/s1. The number of hydrogen-bond acceptors (Lipinski definition) is 5. The second-order valence-electron chi connectivity index (χ2n) is 10.6. The number of ether oxygens (including phenoxy) is 2. The van der Waals surface area contributed by atoms with Crippen LogP contribution in [0.25, 0.3) is 0 Å². The number of aliphatic hydroxyl groups excluding tert-OH is 1. The molecule has 0 saturated carbocycles. The molecule has 0 radical (unpaired) electrons.